The molecule has 0 amide bonds. The summed E-state index contributed by atoms with van der Waals surface area (Å²) in [4.78, 5) is 23.8. The summed E-state index contributed by atoms with van der Waals surface area (Å²) >= 11 is 5.15. The minimum absolute atomic E-state index is 0.0947. The van der Waals surface area contributed by atoms with Crippen LogP contribution in [0, 0.1) is 0 Å². The first-order chi connectivity index (χ1) is 9.84. The molecule has 116 valence electrons. The van der Waals surface area contributed by atoms with Crippen molar-refractivity contribution in [3.8, 4) is 0 Å². The Bertz CT molecular complexity index is 575. The zero-order valence-electron chi connectivity index (χ0n) is 12.8. The lowest BCUT2D eigenvalue weighted by Gasteiger charge is -2.43. The van der Waals surface area contributed by atoms with Crippen LogP contribution in [0.1, 0.15) is 26.6 Å². The van der Waals surface area contributed by atoms with Gasteiger partial charge in [-0.1, -0.05) is 19.1 Å². The van der Waals surface area contributed by atoms with Crippen LogP contribution in [0.2, 0.25) is 0 Å². The topological polar surface area (TPSA) is 78.2 Å². The molecule has 1 saturated heterocycles. The van der Waals surface area contributed by atoms with Crippen molar-refractivity contribution in [2.24, 2.45) is 5.73 Å². The van der Waals surface area contributed by atoms with Crippen LogP contribution < -0.4 is 16.2 Å². The van der Waals surface area contributed by atoms with Crippen LogP contribution in [-0.2, 0) is 6.42 Å². The van der Waals surface area contributed by atoms with Crippen molar-refractivity contribution in [2.75, 3.05) is 31.1 Å². The number of H-pyrrole nitrogens is 1. The molecule has 0 radical (unpaired) electrons. The number of aromatic nitrogens is 2. The van der Waals surface area contributed by atoms with Gasteiger partial charge in [-0.2, -0.15) is 0 Å². The summed E-state index contributed by atoms with van der Waals surface area (Å²) in [6.07, 6.45) is 0.720. The summed E-state index contributed by atoms with van der Waals surface area (Å²) in [5.41, 5.74) is 5.45. The van der Waals surface area contributed by atoms with Gasteiger partial charge in [-0.05, 0) is 13.8 Å². The largest absolute Gasteiger partial charge is 0.392 e. The number of nitrogens with zero attached hydrogens (tertiary/aromatic N) is 3. The summed E-state index contributed by atoms with van der Waals surface area (Å²) in [6, 6.07) is 1.56. The molecule has 2 heterocycles. The quantitative estimate of drug-likeness (QED) is 0.790. The average molecular weight is 309 g/mol. The summed E-state index contributed by atoms with van der Waals surface area (Å²) in [5, 5.41) is 0. The van der Waals surface area contributed by atoms with Gasteiger partial charge in [0.05, 0.1) is 10.5 Å². The molecule has 0 saturated carbocycles. The molecule has 1 aliphatic heterocycles. The third-order valence-electron chi connectivity index (χ3n) is 4.11. The maximum Gasteiger partial charge on any atom is 0.252 e. The smallest absolute Gasteiger partial charge is 0.252 e. The van der Waals surface area contributed by atoms with Gasteiger partial charge >= 0.3 is 0 Å². The van der Waals surface area contributed by atoms with E-state index < -0.39 is 0 Å². The summed E-state index contributed by atoms with van der Waals surface area (Å²) in [7, 11) is 0. The molecule has 21 heavy (non-hydrogen) atoms. The van der Waals surface area contributed by atoms with Gasteiger partial charge in [0.25, 0.3) is 5.56 Å². The Morgan fingerprint density at radius 3 is 2.57 bits per heavy atom. The molecule has 1 aromatic rings. The molecule has 3 N–H and O–H groups in total. The van der Waals surface area contributed by atoms with Crippen LogP contribution in [-0.4, -0.2) is 51.6 Å². The zero-order chi connectivity index (χ0) is 15.6. The zero-order valence-corrected chi connectivity index (χ0v) is 13.7. The standard InChI is InChI=1S/C14H23N5OS/c1-4-10-16-11(9-12(20)17-10)18-5-7-19(8-6-18)14(2,3)13(15)21/h9H,4-8H2,1-3H3,(H2,15,21)(H,16,17,20). The maximum atomic E-state index is 11.7. The van der Waals surface area contributed by atoms with Crippen LogP contribution in [0.5, 0.6) is 0 Å². The molecule has 0 spiro atoms. The second-order valence-corrected chi connectivity index (χ2v) is 6.24. The molecule has 0 aromatic carbocycles. The minimum Gasteiger partial charge on any atom is -0.392 e. The van der Waals surface area contributed by atoms with Gasteiger partial charge in [0, 0.05) is 38.7 Å². The first kappa shape index (κ1) is 15.9. The number of aromatic amines is 1. The number of thiocarbonyl (C=S) groups is 1. The summed E-state index contributed by atoms with van der Waals surface area (Å²) in [5.74, 6) is 1.48. The van der Waals surface area contributed by atoms with Gasteiger partial charge in [0.1, 0.15) is 11.6 Å². The van der Waals surface area contributed by atoms with E-state index in [0.717, 1.165) is 44.2 Å². The molecule has 1 aromatic heterocycles. The molecule has 7 heteroatoms. The number of hydrogen-bond acceptors (Lipinski definition) is 5. The van der Waals surface area contributed by atoms with Crippen molar-refractivity contribution >= 4 is 23.0 Å². The van der Waals surface area contributed by atoms with Crippen molar-refractivity contribution in [1.82, 2.24) is 14.9 Å². The van der Waals surface area contributed by atoms with Crippen molar-refractivity contribution in [3.63, 3.8) is 0 Å². The fraction of sp³-hybridized carbons (Fsp3) is 0.643. The van der Waals surface area contributed by atoms with Crippen molar-refractivity contribution in [3.05, 3.63) is 22.2 Å². The fourth-order valence-corrected chi connectivity index (χ4v) is 2.60. The van der Waals surface area contributed by atoms with Crippen LogP contribution >= 0.6 is 12.2 Å². The number of aryl methyl sites for hydroxylation is 1. The van der Waals surface area contributed by atoms with Crippen LogP contribution in [0.3, 0.4) is 0 Å². The number of anilines is 1. The first-order valence-electron chi connectivity index (χ1n) is 7.24. The van der Waals surface area contributed by atoms with E-state index in [9.17, 15) is 4.79 Å². The summed E-state index contributed by atoms with van der Waals surface area (Å²) < 4.78 is 0. The van der Waals surface area contributed by atoms with E-state index in [4.69, 9.17) is 18.0 Å². The van der Waals surface area contributed by atoms with Crippen molar-refractivity contribution < 1.29 is 0 Å². The number of piperazine rings is 1. The normalized spacial score (nSPS) is 17.0. The SMILES string of the molecule is CCc1nc(N2CCN(C(C)(C)C(N)=S)CC2)cc(=O)[nH]1. The van der Waals surface area contributed by atoms with Crippen LogP contribution in [0.25, 0.3) is 0 Å². The fourth-order valence-electron chi connectivity index (χ4n) is 2.47. The molecule has 0 aliphatic carbocycles. The molecule has 1 aliphatic rings. The monoisotopic (exact) mass is 309 g/mol. The van der Waals surface area contributed by atoms with Gasteiger partial charge in [-0.15, -0.1) is 0 Å². The predicted molar refractivity (Wildman–Crippen MR) is 88.9 cm³/mol. The Morgan fingerprint density at radius 1 is 1.43 bits per heavy atom. The van der Waals surface area contributed by atoms with E-state index >= 15 is 0 Å². The Morgan fingerprint density at radius 2 is 2.05 bits per heavy atom. The number of rotatable bonds is 4. The highest BCUT2D eigenvalue weighted by molar-refractivity contribution is 7.80. The Hall–Kier alpha value is -1.47. The van der Waals surface area contributed by atoms with Gasteiger partial charge in [0.2, 0.25) is 0 Å². The van der Waals surface area contributed by atoms with Gasteiger partial charge in [-0.3, -0.25) is 9.69 Å². The predicted octanol–water partition coefficient (Wildman–Crippen LogP) is 0.519. The third kappa shape index (κ3) is 3.41. The number of hydrogen-bond donors (Lipinski definition) is 2. The van der Waals surface area contributed by atoms with E-state index in [1.54, 1.807) is 6.07 Å². The highest BCUT2D eigenvalue weighted by Crippen LogP contribution is 2.19. The first-order valence-corrected chi connectivity index (χ1v) is 7.65. The van der Waals surface area contributed by atoms with Crippen molar-refractivity contribution in [1.29, 1.82) is 0 Å². The van der Waals surface area contributed by atoms with Gasteiger partial charge < -0.3 is 15.6 Å². The lowest BCUT2D eigenvalue weighted by atomic mass is 10.0. The van der Waals surface area contributed by atoms with E-state index in [-0.39, 0.29) is 11.1 Å². The van der Waals surface area contributed by atoms with E-state index in [1.807, 2.05) is 20.8 Å². The molecule has 2 rings (SSSR count). The highest BCUT2D eigenvalue weighted by atomic mass is 32.1. The van der Waals surface area contributed by atoms with Gasteiger partial charge in [-0.25, -0.2) is 4.98 Å². The van der Waals surface area contributed by atoms with Crippen LogP contribution in [0.15, 0.2) is 10.9 Å². The molecule has 1 fully saturated rings. The Balaban J connectivity index is 2.09. The summed E-state index contributed by atoms with van der Waals surface area (Å²) in [6.45, 7) is 9.39. The van der Waals surface area contributed by atoms with Crippen LogP contribution in [0.4, 0.5) is 5.82 Å². The Labute approximate surface area is 130 Å². The number of nitrogens with two attached hydrogens (primary N) is 1. The highest BCUT2D eigenvalue weighted by Gasteiger charge is 2.32. The number of nitrogens with one attached hydrogen (secondary N) is 1. The molecular formula is C14H23N5OS. The lowest BCUT2D eigenvalue weighted by molar-refractivity contribution is 0.168. The maximum absolute atomic E-state index is 11.7. The second-order valence-electron chi connectivity index (χ2n) is 5.80. The van der Waals surface area contributed by atoms with Crippen molar-refractivity contribution in [2.45, 2.75) is 32.7 Å². The van der Waals surface area contributed by atoms with E-state index in [1.165, 1.54) is 0 Å². The molecular weight excluding hydrogens is 286 g/mol. The molecule has 0 atom stereocenters. The molecule has 6 nitrogen and oxygen atoms in total. The Kier molecular flexibility index (Phi) is 4.63. The van der Waals surface area contributed by atoms with E-state index in [2.05, 4.69) is 19.8 Å². The minimum atomic E-state index is -0.280. The third-order valence-corrected chi connectivity index (χ3v) is 4.61. The molecule has 0 bridgehead atoms. The van der Waals surface area contributed by atoms with E-state index in [0.29, 0.717) is 4.99 Å². The lowest BCUT2D eigenvalue weighted by Crippen LogP contribution is -2.59. The second kappa shape index (κ2) is 6.11. The van der Waals surface area contributed by atoms with Gasteiger partial charge in [0.15, 0.2) is 0 Å². The average Bonchev–Trinajstić information content (AvgIpc) is 2.46. The molecule has 0 unspecified atom stereocenters.